The van der Waals surface area contributed by atoms with Crippen LogP contribution in [0.25, 0.3) is 0 Å². The zero-order valence-corrected chi connectivity index (χ0v) is 11.9. The topological polar surface area (TPSA) is 75.5 Å². The normalized spacial score (nSPS) is 10.7. The number of amides is 1. The number of benzene rings is 1. The molecule has 6 nitrogen and oxygen atoms in total. The Morgan fingerprint density at radius 2 is 1.95 bits per heavy atom. The predicted molar refractivity (Wildman–Crippen MR) is 73.1 cm³/mol. The van der Waals surface area contributed by atoms with Gasteiger partial charge < -0.3 is 10.2 Å². The van der Waals surface area contributed by atoms with Crippen molar-refractivity contribution in [1.29, 1.82) is 0 Å². The first-order valence-electron chi connectivity index (χ1n) is 6.39. The van der Waals surface area contributed by atoms with E-state index in [9.17, 15) is 23.7 Å². The van der Waals surface area contributed by atoms with E-state index in [2.05, 4.69) is 5.32 Å². The van der Waals surface area contributed by atoms with Gasteiger partial charge >= 0.3 is 5.69 Å². The van der Waals surface area contributed by atoms with E-state index in [1.54, 1.807) is 0 Å². The molecule has 0 unspecified atom stereocenters. The molecular weight excluding hydrogens is 284 g/mol. The lowest BCUT2D eigenvalue weighted by molar-refractivity contribution is -0.387. The third kappa shape index (κ3) is 5.07. The fourth-order valence-corrected chi connectivity index (χ4v) is 1.70. The zero-order chi connectivity index (χ0) is 16.0. The van der Waals surface area contributed by atoms with Gasteiger partial charge in [0.2, 0.25) is 5.82 Å². The van der Waals surface area contributed by atoms with Crippen LogP contribution in [0.3, 0.4) is 0 Å². The summed E-state index contributed by atoms with van der Waals surface area (Å²) in [7, 11) is 3.85. The predicted octanol–water partition coefficient (Wildman–Crippen LogP) is 1.94. The minimum absolute atomic E-state index is 0.324. The quantitative estimate of drug-likeness (QED) is 0.474. The minimum atomic E-state index is -1.24. The summed E-state index contributed by atoms with van der Waals surface area (Å²) < 4.78 is 27.0. The van der Waals surface area contributed by atoms with Crippen LogP contribution < -0.4 is 5.32 Å². The molecule has 0 heterocycles. The van der Waals surface area contributed by atoms with Crippen LogP contribution in [0, 0.1) is 21.7 Å². The van der Waals surface area contributed by atoms with E-state index in [1.807, 2.05) is 19.0 Å². The minimum Gasteiger partial charge on any atom is -0.352 e. The Kier molecular flexibility index (Phi) is 6.16. The van der Waals surface area contributed by atoms with Gasteiger partial charge in [0.25, 0.3) is 5.91 Å². The van der Waals surface area contributed by atoms with Gasteiger partial charge in [0.15, 0.2) is 0 Å². The summed E-state index contributed by atoms with van der Waals surface area (Å²) >= 11 is 0. The number of hydrogen-bond donors (Lipinski definition) is 1. The molecule has 0 radical (unpaired) electrons. The molecule has 8 heteroatoms. The van der Waals surface area contributed by atoms with Gasteiger partial charge in [-0.1, -0.05) is 0 Å². The largest absolute Gasteiger partial charge is 0.352 e. The van der Waals surface area contributed by atoms with Crippen molar-refractivity contribution in [3.05, 3.63) is 39.4 Å². The summed E-state index contributed by atoms with van der Waals surface area (Å²) in [6.45, 7) is 1.18. The number of unbranched alkanes of at least 4 members (excludes halogenated alkanes) is 1. The van der Waals surface area contributed by atoms with Gasteiger partial charge in [-0.15, -0.1) is 0 Å². The Hall–Kier alpha value is -2.09. The highest BCUT2D eigenvalue weighted by Gasteiger charge is 2.21. The summed E-state index contributed by atoms with van der Waals surface area (Å²) in [5.74, 6) is -3.14. The van der Waals surface area contributed by atoms with Gasteiger partial charge in [-0.05, 0) is 39.5 Å². The van der Waals surface area contributed by atoms with Crippen molar-refractivity contribution in [2.24, 2.45) is 0 Å². The van der Waals surface area contributed by atoms with Crippen molar-refractivity contribution in [2.45, 2.75) is 12.8 Å². The summed E-state index contributed by atoms with van der Waals surface area (Å²) in [4.78, 5) is 23.1. The summed E-state index contributed by atoms with van der Waals surface area (Å²) in [6.07, 6.45) is 1.55. The van der Waals surface area contributed by atoms with E-state index < -0.39 is 33.7 Å². The lowest BCUT2D eigenvalue weighted by atomic mass is 10.1. The van der Waals surface area contributed by atoms with E-state index in [1.165, 1.54) is 0 Å². The monoisotopic (exact) mass is 301 g/mol. The summed E-state index contributed by atoms with van der Waals surface area (Å²) in [6, 6.07) is 0.957. The fraction of sp³-hybridized carbons (Fsp3) is 0.462. The molecule has 0 fully saturated rings. The first kappa shape index (κ1) is 17.0. The van der Waals surface area contributed by atoms with Crippen LogP contribution in [-0.4, -0.2) is 42.9 Å². The molecule has 0 saturated carbocycles. The number of carbonyl (C=O) groups excluding carboxylic acids is 1. The molecule has 1 aromatic rings. The maximum Gasteiger partial charge on any atom is 0.307 e. The van der Waals surface area contributed by atoms with Crippen LogP contribution in [0.4, 0.5) is 14.5 Å². The van der Waals surface area contributed by atoms with Gasteiger partial charge in [0.05, 0.1) is 16.6 Å². The van der Waals surface area contributed by atoms with Gasteiger partial charge in [0.1, 0.15) is 5.82 Å². The van der Waals surface area contributed by atoms with Crippen LogP contribution in [0.5, 0.6) is 0 Å². The van der Waals surface area contributed by atoms with Crippen LogP contribution in [0.1, 0.15) is 23.2 Å². The number of nitro groups is 1. The molecule has 0 spiro atoms. The molecular formula is C13H17F2N3O3. The third-order valence-electron chi connectivity index (χ3n) is 2.80. The van der Waals surface area contributed by atoms with Gasteiger partial charge in [-0.2, -0.15) is 4.39 Å². The SMILES string of the molecule is CN(C)CCCCNC(=O)c1cc(F)c([N+](=O)[O-])cc1F. The second kappa shape index (κ2) is 7.63. The molecule has 0 aliphatic rings. The number of carbonyl (C=O) groups is 1. The van der Waals surface area contributed by atoms with E-state index in [0.717, 1.165) is 13.0 Å². The van der Waals surface area contributed by atoms with Crippen LogP contribution in [-0.2, 0) is 0 Å². The van der Waals surface area contributed by atoms with Crippen molar-refractivity contribution < 1.29 is 18.5 Å². The molecule has 1 rings (SSSR count). The molecule has 1 amide bonds. The lowest BCUT2D eigenvalue weighted by Crippen LogP contribution is -2.26. The average molecular weight is 301 g/mol. The Morgan fingerprint density at radius 1 is 1.29 bits per heavy atom. The average Bonchev–Trinajstić information content (AvgIpc) is 2.39. The van der Waals surface area contributed by atoms with Crippen molar-refractivity contribution in [1.82, 2.24) is 10.2 Å². The lowest BCUT2D eigenvalue weighted by Gasteiger charge is -2.09. The summed E-state index contributed by atoms with van der Waals surface area (Å²) in [5.41, 5.74) is -1.53. The molecule has 1 aromatic carbocycles. The van der Waals surface area contributed by atoms with Crippen molar-refractivity contribution in [3.63, 3.8) is 0 Å². The fourth-order valence-electron chi connectivity index (χ4n) is 1.70. The molecule has 0 saturated heterocycles. The summed E-state index contributed by atoms with van der Waals surface area (Å²) in [5, 5.41) is 12.9. The van der Waals surface area contributed by atoms with Crippen LogP contribution in [0.2, 0.25) is 0 Å². The Bertz CT molecular complexity index is 536. The van der Waals surface area contributed by atoms with Gasteiger partial charge in [0, 0.05) is 6.54 Å². The van der Waals surface area contributed by atoms with E-state index in [-0.39, 0.29) is 0 Å². The molecule has 116 valence electrons. The Morgan fingerprint density at radius 3 is 2.52 bits per heavy atom. The molecule has 1 N–H and O–H groups in total. The second-order valence-corrected chi connectivity index (χ2v) is 4.81. The maximum absolute atomic E-state index is 13.6. The molecule has 0 bridgehead atoms. The zero-order valence-electron chi connectivity index (χ0n) is 11.9. The number of nitro benzene ring substituents is 1. The van der Waals surface area contributed by atoms with E-state index in [0.29, 0.717) is 25.1 Å². The van der Waals surface area contributed by atoms with Crippen LogP contribution >= 0.6 is 0 Å². The Labute approximate surface area is 120 Å². The molecule has 0 aromatic heterocycles. The highest BCUT2D eigenvalue weighted by molar-refractivity contribution is 5.94. The molecule has 21 heavy (non-hydrogen) atoms. The number of nitrogens with zero attached hydrogens (tertiary/aromatic N) is 2. The molecule has 0 aliphatic heterocycles. The third-order valence-corrected chi connectivity index (χ3v) is 2.80. The smallest absolute Gasteiger partial charge is 0.307 e. The van der Waals surface area contributed by atoms with E-state index in [4.69, 9.17) is 0 Å². The standard InChI is InChI=1S/C13H17F2N3O3/c1-17(2)6-4-3-5-16-13(19)9-7-11(15)12(18(20)21)8-10(9)14/h7-8H,3-6H2,1-2H3,(H,16,19). The van der Waals surface area contributed by atoms with Crippen LogP contribution in [0.15, 0.2) is 12.1 Å². The number of nitrogens with one attached hydrogen (secondary N) is 1. The molecule has 0 atom stereocenters. The van der Waals surface area contributed by atoms with Gasteiger partial charge in [-0.3, -0.25) is 14.9 Å². The van der Waals surface area contributed by atoms with Crippen molar-refractivity contribution in [2.75, 3.05) is 27.2 Å². The second-order valence-electron chi connectivity index (χ2n) is 4.81. The number of hydrogen-bond acceptors (Lipinski definition) is 4. The first-order chi connectivity index (χ1) is 9.82. The maximum atomic E-state index is 13.6. The highest BCUT2D eigenvalue weighted by atomic mass is 19.1. The highest BCUT2D eigenvalue weighted by Crippen LogP contribution is 2.21. The Balaban J connectivity index is 2.62. The number of rotatable bonds is 7. The van der Waals surface area contributed by atoms with Crippen molar-refractivity contribution in [3.8, 4) is 0 Å². The number of halogens is 2. The molecule has 0 aliphatic carbocycles. The van der Waals surface area contributed by atoms with Gasteiger partial charge in [-0.25, -0.2) is 4.39 Å². The first-order valence-corrected chi connectivity index (χ1v) is 6.39. The van der Waals surface area contributed by atoms with Crippen molar-refractivity contribution >= 4 is 11.6 Å². The van der Waals surface area contributed by atoms with E-state index >= 15 is 0 Å².